The van der Waals surface area contributed by atoms with Gasteiger partial charge in [0, 0.05) is 39.5 Å². The quantitative estimate of drug-likeness (QED) is 0.364. The highest BCUT2D eigenvalue weighted by Gasteiger charge is 2.16. The summed E-state index contributed by atoms with van der Waals surface area (Å²) in [5.41, 5.74) is 2.62. The molecule has 0 unspecified atom stereocenters. The number of hydrogen-bond acceptors (Lipinski definition) is 3. The maximum Gasteiger partial charge on any atom is 0.220 e. The minimum atomic E-state index is 0.178. The molecule has 1 aromatic carbocycles. The van der Waals surface area contributed by atoms with Crippen molar-refractivity contribution in [2.45, 2.75) is 51.4 Å². The van der Waals surface area contributed by atoms with Crippen LogP contribution in [0.4, 0.5) is 0 Å². The van der Waals surface area contributed by atoms with Crippen LogP contribution in [0.3, 0.4) is 0 Å². The second-order valence-corrected chi connectivity index (χ2v) is 7.77. The summed E-state index contributed by atoms with van der Waals surface area (Å²) in [6, 6.07) is 6.44. The number of guanidine groups is 1. The van der Waals surface area contributed by atoms with E-state index in [1.54, 1.807) is 7.05 Å². The van der Waals surface area contributed by atoms with E-state index in [-0.39, 0.29) is 5.91 Å². The van der Waals surface area contributed by atoms with Crippen molar-refractivity contribution < 1.29 is 9.53 Å². The lowest BCUT2D eigenvalue weighted by atomic mass is 9.87. The number of carbonyl (C=O) groups excluding carboxylic acids is 1. The Morgan fingerprint density at radius 1 is 1.11 bits per heavy atom. The molecule has 1 saturated carbocycles. The second kappa shape index (κ2) is 10.9. The molecular weight excluding hydrogens is 352 g/mol. The molecule has 1 heterocycles. The lowest BCUT2D eigenvalue weighted by molar-refractivity contribution is -0.122. The van der Waals surface area contributed by atoms with Crippen LogP contribution in [-0.4, -0.2) is 45.2 Å². The van der Waals surface area contributed by atoms with Crippen LogP contribution in [-0.2, 0) is 17.6 Å². The van der Waals surface area contributed by atoms with Gasteiger partial charge in [-0.1, -0.05) is 31.4 Å². The van der Waals surface area contributed by atoms with Crippen molar-refractivity contribution in [1.82, 2.24) is 16.0 Å². The van der Waals surface area contributed by atoms with Crippen LogP contribution in [0.1, 0.15) is 49.7 Å². The van der Waals surface area contributed by atoms with Crippen LogP contribution in [0.15, 0.2) is 23.2 Å². The molecule has 0 spiro atoms. The minimum Gasteiger partial charge on any atom is -0.493 e. The third-order valence-corrected chi connectivity index (χ3v) is 5.62. The van der Waals surface area contributed by atoms with Crippen LogP contribution in [0, 0.1) is 5.92 Å². The van der Waals surface area contributed by atoms with Crippen molar-refractivity contribution >= 4 is 11.9 Å². The zero-order chi connectivity index (χ0) is 19.6. The standard InChI is InChI=1S/C22H34N4O2/c1-23-22(25-11-9-18-7-8-20-19(15-18)10-14-28-20)26-13-12-24-21(27)16-17-5-3-2-4-6-17/h7-8,15,17H,2-6,9-14,16H2,1H3,(H,24,27)(H2,23,25,26). The van der Waals surface area contributed by atoms with E-state index in [2.05, 4.69) is 39.1 Å². The Kier molecular flexibility index (Phi) is 8.00. The molecule has 0 atom stereocenters. The Morgan fingerprint density at radius 3 is 2.71 bits per heavy atom. The third-order valence-electron chi connectivity index (χ3n) is 5.62. The van der Waals surface area contributed by atoms with Crippen molar-refractivity contribution in [1.29, 1.82) is 0 Å². The Bertz CT molecular complexity index is 669. The molecule has 28 heavy (non-hydrogen) atoms. The van der Waals surface area contributed by atoms with Crippen LogP contribution in [0.2, 0.25) is 0 Å². The maximum atomic E-state index is 12.0. The monoisotopic (exact) mass is 386 g/mol. The predicted octanol–water partition coefficient (Wildman–Crippen LogP) is 2.42. The van der Waals surface area contributed by atoms with Crippen LogP contribution in [0.5, 0.6) is 5.75 Å². The summed E-state index contributed by atoms with van der Waals surface area (Å²) in [4.78, 5) is 16.3. The first-order chi connectivity index (χ1) is 13.7. The molecular formula is C22H34N4O2. The molecule has 0 saturated heterocycles. The van der Waals surface area contributed by atoms with Gasteiger partial charge >= 0.3 is 0 Å². The fourth-order valence-corrected chi connectivity index (χ4v) is 4.05. The fraction of sp³-hybridized carbons (Fsp3) is 0.636. The molecule has 1 aliphatic heterocycles. The second-order valence-electron chi connectivity index (χ2n) is 7.77. The number of carbonyl (C=O) groups is 1. The number of nitrogens with one attached hydrogen (secondary N) is 3. The average molecular weight is 387 g/mol. The van der Waals surface area contributed by atoms with Crippen molar-refractivity contribution in [3.63, 3.8) is 0 Å². The molecule has 154 valence electrons. The Morgan fingerprint density at radius 2 is 1.89 bits per heavy atom. The lowest BCUT2D eigenvalue weighted by Crippen LogP contribution is -2.42. The summed E-state index contributed by atoms with van der Waals surface area (Å²) < 4.78 is 5.55. The summed E-state index contributed by atoms with van der Waals surface area (Å²) in [7, 11) is 1.77. The Balaban J connectivity index is 1.27. The first kappa shape index (κ1) is 20.5. The van der Waals surface area contributed by atoms with Gasteiger partial charge in [-0.05, 0) is 42.4 Å². The zero-order valence-electron chi connectivity index (χ0n) is 17.1. The molecule has 0 radical (unpaired) electrons. The number of rotatable bonds is 8. The van der Waals surface area contributed by atoms with Gasteiger partial charge in [0.15, 0.2) is 5.96 Å². The highest BCUT2D eigenvalue weighted by Crippen LogP contribution is 2.26. The Labute approximate surface area is 168 Å². The number of aliphatic imine (C=N–C) groups is 1. The molecule has 1 aromatic rings. The molecule has 1 amide bonds. The zero-order valence-corrected chi connectivity index (χ0v) is 17.1. The van der Waals surface area contributed by atoms with Crippen LogP contribution in [0.25, 0.3) is 0 Å². The number of benzene rings is 1. The summed E-state index contributed by atoms with van der Waals surface area (Å²) in [5, 5.41) is 9.61. The van der Waals surface area contributed by atoms with Gasteiger partial charge in [-0.3, -0.25) is 9.79 Å². The highest BCUT2D eigenvalue weighted by molar-refractivity contribution is 5.80. The fourth-order valence-electron chi connectivity index (χ4n) is 4.05. The summed E-state index contributed by atoms with van der Waals surface area (Å²) in [6.45, 7) is 2.90. The molecule has 3 N–H and O–H groups in total. The minimum absolute atomic E-state index is 0.178. The van der Waals surface area contributed by atoms with Gasteiger partial charge in [-0.2, -0.15) is 0 Å². The summed E-state index contributed by atoms with van der Waals surface area (Å²) in [6.07, 6.45) is 8.92. The summed E-state index contributed by atoms with van der Waals surface area (Å²) >= 11 is 0. The third kappa shape index (κ3) is 6.43. The van der Waals surface area contributed by atoms with Gasteiger partial charge in [-0.15, -0.1) is 0 Å². The molecule has 1 fully saturated rings. The molecule has 6 nitrogen and oxygen atoms in total. The highest BCUT2D eigenvalue weighted by atomic mass is 16.5. The Hall–Kier alpha value is -2.24. The van der Waals surface area contributed by atoms with Gasteiger partial charge in [0.05, 0.1) is 6.61 Å². The van der Waals surface area contributed by atoms with Crippen molar-refractivity contribution in [2.75, 3.05) is 33.3 Å². The van der Waals surface area contributed by atoms with E-state index in [0.29, 0.717) is 25.4 Å². The molecule has 0 bridgehead atoms. The average Bonchev–Trinajstić information content (AvgIpc) is 3.18. The van der Waals surface area contributed by atoms with Gasteiger partial charge in [0.25, 0.3) is 0 Å². The number of hydrogen-bond donors (Lipinski definition) is 3. The van der Waals surface area contributed by atoms with E-state index in [9.17, 15) is 4.79 Å². The van der Waals surface area contributed by atoms with E-state index in [1.165, 1.54) is 43.2 Å². The first-order valence-electron chi connectivity index (χ1n) is 10.7. The van der Waals surface area contributed by atoms with Crippen molar-refractivity contribution in [2.24, 2.45) is 10.9 Å². The first-order valence-corrected chi connectivity index (χ1v) is 10.7. The normalized spacial score (nSPS) is 17.0. The predicted molar refractivity (Wildman–Crippen MR) is 113 cm³/mol. The van der Waals surface area contributed by atoms with Crippen LogP contribution < -0.4 is 20.7 Å². The number of fused-ring (bicyclic) bond motifs is 1. The van der Waals surface area contributed by atoms with Gasteiger partial charge in [0.2, 0.25) is 5.91 Å². The molecule has 0 aromatic heterocycles. The van der Waals surface area contributed by atoms with E-state index in [4.69, 9.17) is 4.74 Å². The van der Waals surface area contributed by atoms with Gasteiger partial charge in [-0.25, -0.2) is 0 Å². The molecule has 1 aliphatic carbocycles. The topological polar surface area (TPSA) is 74.8 Å². The molecule has 3 rings (SSSR count). The number of nitrogens with zero attached hydrogens (tertiary/aromatic N) is 1. The van der Waals surface area contributed by atoms with Gasteiger partial charge in [0.1, 0.15) is 5.75 Å². The van der Waals surface area contributed by atoms with Crippen LogP contribution >= 0.6 is 0 Å². The SMILES string of the molecule is CN=C(NCCNC(=O)CC1CCCCC1)NCCc1ccc2c(c1)CCO2. The molecule has 2 aliphatic rings. The largest absolute Gasteiger partial charge is 0.493 e. The van der Waals surface area contributed by atoms with E-state index >= 15 is 0 Å². The van der Waals surface area contributed by atoms with Crippen molar-refractivity contribution in [3.05, 3.63) is 29.3 Å². The number of amides is 1. The maximum absolute atomic E-state index is 12.0. The van der Waals surface area contributed by atoms with Gasteiger partial charge < -0.3 is 20.7 Å². The molecule has 6 heteroatoms. The summed E-state index contributed by atoms with van der Waals surface area (Å²) in [5.74, 6) is 2.56. The smallest absolute Gasteiger partial charge is 0.220 e. The lowest BCUT2D eigenvalue weighted by Gasteiger charge is -2.20. The van der Waals surface area contributed by atoms with E-state index in [1.807, 2.05) is 0 Å². The number of ether oxygens (including phenoxy) is 1. The van der Waals surface area contributed by atoms with Crippen molar-refractivity contribution in [3.8, 4) is 5.75 Å². The van der Waals surface area contributed by atoms with E-state index in [0.717, 1.165) is 37.7 Å². The van der Waals surface area contributed by atoms with E-state index < -0.39 is 0 Å².